The van der Waals surface area contributed by atoms with Crippen molar-refractivity contribution >= 4 is 0 Å². The number of hydrogen-bond acceptors (Lipinski definition) is 3. The Labute approximate surface area is 79.0 Å². The van der Waals surface area contributed by atoms with Crippen LogP contribution in [0, 0.1) is 0 Å². The third kappa shape index (κ3) is 4.02. The largest absolute Gasteiger partial charge is 0.377 e. The summed E-state index contributed by atoms with van der Waals surface area (Å²) in [7, 11) is 0. The first-order valence-electron chi connectivity index (χ1n) is 4.97. The zero-order chi connectivity index (χ0) is 9.52. The van der Waals surface area contributed by atoms with Crippen molar-refractivity contribution in [3.8, 4) is 0 Å². The molecular weight excluding hydrogens is 171 g/mol. The summed E-state index contributed by atoms with van der Waals surface area (Å²) >= 11 is 0. The van der Waals surface area contributed by atoms with Crippen LogP contribution in [-0.2, 0) is 4.74 Å². The van der Waals surface area contributed by atoms with Gasteiger partial charge in [0, 0.05) is 26.2 Å². The third-order valence-electron chi connectivity index (χ3n) is 2.41. The zero-order valence-corrected chi connectivity index (χ0v) is 8.04. The molecule has 0 aromatic rings. The van der Waals surface area contributed by atoms with E-state index in [0.29, 0.717) is 25.8 Å². The number of ether oxygens (including phenoxy) is 1. The fourth-order valence-electron chi connectivity index (χ4n) is 1.65. The Balaban J connectivity index is 2.08. The molecule has 1 saturated heterocycles. The van der Waals surface area contributed by atoms with E-state index < -0.39 is 0 Å². The third-order valence-corrected chi connectivity index (χ3v) is 2.41. The van der Waals surface area contributed by atoms with Gasteiger partial charge in [0.15, 0.2) is 0 Å². The first-order valence-corrected chi connectivity index (χ1v) is 4.97. The van der Waals surface area contributed by atoms with Gasteiger partial charge in [0.2, 0.25) is 0 Å². The summed E-state index contributed by atoms with van der Waals surface area (Å²) in [5.41, 5.74) is 5.34. The predicted molar refractivity (Wildman–Crippen MR) is 50.4 cm³/mol. The second kappa shape index (κ2) is 6.29. The average Bonchev–Trinajstić information content (AvgIpc) is 2.17. The highest BCUT2D eigenvalue weighted by Crippen LogP contribution is 2.12. The first-order chi connectivity index (χ1) is 6.36. The molecule has 13 heavy (non-hydrogen) atoms. The minimum absolute atomic E-state index is 0.242. The van der Waals surface area contributed by atoms with E-state index in [9.17, 15) is 4.39 Å². The van der Waals surface area contributed by atoms with Gasteiger partial charge in [0.1, 0.15) is 6.67 Å². The maximum atomic E-state index is 12.0. The minimum Gasteiger partial charge on any atom is -0.377 e. The molecule has 3 nitrogen and oxygen atoms in total. The lowest BCUT2D eigenvalue weighted by Gasteiger charge is -2.31. The van der Waals surface area contributed by atoms with Gasteiger partial charge in [0.25, 0.3) is 0 Å². The Morgan fingerprint density at radius 2 is 2.08 bits per heavy atom. The number of piperidine rings is 1. The fourth-order valence-corrected chi connectivity index (χ4v) is 1.65. The van der Waals surface area contributed by atoms with Crippen molar-refractivity contribution in [2.24, 2.45) is 5.73 Å². The topological polar surface area (TPSA) is 38.5 Å². The molecule has 0 aliphatic carbocycles. The number of likely N-dealkylation sites (tertiary alicyclic amines) is 1. The van der Waals surface area contributed by atoms with Gasteiger partial charge in [-0.25, -0.2) is 4.39 Å². The zero-order valence-electron chi connectivity index (χ0n) is 8.04. The van der Waals surface area contributed by atoms with Crippen molar-refractivity contribution in [1.82, 2.24) is 4.90 Å². The number of nitrogens with two attached hydrogens (primary N) is 1. The van der Waals surface area contributed by atoms with Crippen LogP contribution >= 0.6 is 0 Å². The van der Waals surface area contributed by atoms with Gasteiger partial charge in [0.05, 0.1) is 12.7 Å². The van der Waals surface area contributed by atoms with Crippen LogP contribution in [0.3, 0.4) is 0 Å². The highest BCUT2D eigenvalue weighted by atomic mass is 19.1. The van der Waals surface area contributed by atoms with Crippen molar-refractivity contribution in [2.75, 3.05) is 39.5 Å². The molecule has 0 aromatic heterocycles. The second-order valence-corrected chi connectivity index (χ2v) is 3.39. The van der Waals surface area contributed by atoms with Crippen LogP contribution in [0.4, 0.5) is 4.39 Å². The maximum Gasteiger partial charge on any atom is 0.102 e. The summed E-state index contributed by atoms with van der Waals surface area (Å²) in [6.45, 7) is 3.48. The van der Waals surface area contributed by atoms with E-state index in [1.165, 1.54) is 0 Å². The van der Waals surface area contributed by atoms with Crippen LogP contribution in [0.25, 0.3) is 0 Å². The standard InChI is InChI=1S/C9H19FN2O/c10-3-7-12-5-1-9(2-6-12)13-8-4-11/h9H,1-8,11H2. The van der Waals surface area contributed by atoms with Gasteiger partial charge in [-0.15, -0.1) is 0 Å². The SMILES string of the molecule is NCCOC1CCN(CCF)CC1. The molecular formula is C9H19FN2O. The van der Waals surface area contributed by atoms with Crippen molar-refractivity contribution in [3.63, 3.8) is 0 Å². The van der Waals surface area contributed by atoms with Gasteiger partial charge in [-0.2, -0.15) is 0 Å². The molecule has 1 aliphatic rings. The fraction of sp³-hybridized carbons (Fsp3) is 1.00. The van der Waals surface area contributed by atoms with Gasteiger partial charge in [-0.1, -0.05) is 0 Å². The van der Waals surface area contributed by atoms with Crippen LogP contribution in [0.15, 0.2) is 0 Å². The quantitative estimate of drug-likeness (QED) is 0.682. The van der Waals surface area contributed by atoms with Crippen LogP contribution in [-0.4, -0.2) is 50.5 Å². The summed E-state index contributed by atoms with van der Waals surface area (Å²) in [5, 5.41) is 0. The molecule has 1 heterocycles. The molecule has 0 bridgehead atoms. The van der Waals surface area contributed by atoms with Crippen molar-refractivity contribution < 1.29 is 9.13 Å². The summed E-state index contributed by atoms with van der Waals surface area (Å²) < 4.78 is 17.5. The van der Waals surface area contributed by atoms with Gasteiger partial charge < -0.3 is 15.4 Å². The number of hydrogen-bond donors (Lipinski definition) is 1. The number of nitrogens with zero attached hydrogens (tertiary/aromatic N) is 1. The summed E-state index contributed by atoms with van der Waals surface area (Å²) in [5.74, 6) is 0. The number of halogens is 1. The molecule has 0 radical (unpaired) electrons. The molecule has 78 valence electrons. The van der Waals surface area contributed by atoms with Gasteiger partial charge in [-0.3, -0.25) is 0 Å². The average molecular weight is 190 g/mol. The molecule has 1 aliphatic heterocycles. The summed E-state index contributed by atoms with van der Waals surface area (Å²) in [4.78, 5) is 2.14. The Hall–Kier alpha value is -0.190. The first kappa shape index (κ1) is 10.9. The highest BCUT2D eigenvalue weighted by Gasteiger charge is 2.18. The molecule has 4 heteroatoms. The van der Waals surface area contributed by atoms with Crippen LogP contribution in [0.2, 0.25) is 0 Å². The predicted octanol–water partition coefficient (Wildman–Crippen LogP) is 0.396. The molecule has 1 fully saturated rings. The normalized spacial score (nSPS) is 20.8. The lowest BCUT2D eigenvalue weighted by Crippen LogP contribution is -2.38. The Morgan fingerprint density at radius 1 is 1.38 bits per heavy atom. The van der Waals surface area contributed by atoms with E-state index >= 15 is 0 Å². The van der Waals surface area contributed by atoms with Gasteiger partial charge >= 0.3 is 0 Å². The molecule has 1 rings (SSSR count). The van der Waals surface area contributed by atoms with Crippen LogP contribution < -0.4 is 5.73 Å². The summed E-state index contributed by atoms with van der Waals surface area (Å²) in [6, 6.07) is 0. The molecule has 2 N–H and O–H groups in total. The van der Waals surface area contributed by atoms with E-state index in [1.807, 2.05) is 0 Å². The lowest BCUT2D eigenvalue weighted by atomic mass is 10.1. The monoisotopic (exact) mass is 190 g/mol. The van der Waals surface area contributed by atoms with Gasteiger partial charge in [-0.05, 0) is 12.8 Å². The molecule has 0 aromatic carbocycles. The van der Waals surface area contributed by atoms with E-state index in [-0.39, 0.29) is 6.67 Å². The van der Waals surface area contributed by atoms with Crippen LogP contribution in [0.5, 0.6) is 0 Å². The van der Waals surface area contributed by atoms with E-state index in [0.717, 1.165) is 25.9 Å². The number of alkyl halides is 1. The van der Waals surface area contributed by atoms with Crippen molar-refractivity contribution in [3.05, 3.63) is 0 Å². The molecule has 0 unspecified atom stereocenters. The van der Waals surface area contributed by atoms with Crippen molar-refractivity contribution in [2.45, 2.75) is 18.9 Å². The maximum absolute atomic E-state index is 12.0. The van der Waals surface area contributed by atoms with E-state index in [2.05, 4.69) is 4.90 Å². The smallest absolute Gasteiger partial charge is 0.102 e. The molecule has 0 amide bonds. The second-order valence-electron chi connectivity index (χ2n) is 3.39. The van der Waals surface area contributed by atoms with Crippen molar-refractivity contribution in [1.29, 1.82) is 0 Å². The lowest BCUT2D eigenvalue weighted by molar-refractivity contribution is 0.0105. The summed E-state index contributed by atoms with van der Waals surface area (Å²) in [6.07, 6.45) is 2.37. The molecule has 0 saturated carbocycles. The molecule has 0 spiro atoms. The Kier molecular flexibility index (Phi) is 5.27. The Bertz CT molecular complexity index is 127. The molecule has 0 atom stereocenters. The minimum atomic E-state index is -0.242. The number of rotatable bonds is 5. The van der Waals surface area contributed by atoms with Crippen LogP contribution in [0.1, 0.15) is 12.8 Å². The Morgan fingerprint density at radius 3 is 2.62 bits per heavy atom. The highest BCUT2D eigenvalue weighted by molar-refractivity contribution is 4.72. The van der Waals surface area contributed by atoms with E-state index in [1.54, 1.807) is 0 Å². The van der Waals surface area contributed by atoms with E-state index in [4.69, 9.17) is 10.5 Å².